The van der Waals surface area contributed by atoms with Crippen molar-refractivity contribution in [3.8, 4) is 5.69 Å². The molecule has 6 heteroatoms. The molecule has 164 valence electrons. The summed E-state index contributed by atoms with van der Waals surface area (Å²) in [4.78, 5) is 30.2. The summed E-state index contributed by atoms with van der Waals surface area (Å²) in [6, 6.07) is 20.1. The molecule has 2 amide bonds. The molecule has 0 radical (unpaired) electrons. The smallest absolute Gasteiger partial charge is 0.247 e. The first-order valence-corrected chi connectivity index (χ1v) is 11.5. The van der Waals surface area contributed by atoms with E-state index in [-0.39, 0.29) is 30.4 Å². The second-order valence-electron chi connectivity index (χ2n) is 8.68. The van der Waals surface area contributed by atoms with E-state index in [9.17, 15) is 9.59 Å². The number of rotatable bonds is 5. The maximum atomic E-state index is 13.9. The quantitative estimate of drug-likeness (QED) is 0.525. The third-order valence-electron chi connectivity index (χ3n) is 6.30. The van der Waals surface area contributed by atoms with E-state index in [4.69, 9.17) is 11.6 Å². The lowest BCUT2D eigenvalue weighted by atomic mass is 9.97. The Bertz CT molecular complexity index is 1160. The van der Waals surface area contributed by atoms with Crippen LogP contribution >= 0.6 is 11.6 Å². The molecule has 2 unspecified atom stereocenters. The maximum Gasteiger partial charge on any atom is 0.247 e. The number of halogens is 1. The highest BCUT2D eigenvalue weighted by Crippen LogP contribution is 2.42. The van der Waals surface area contributed by atoms with Gasteiger partial charge in [-0.25, -0.2) is 0 Å². The van der Waals surface area contributed by atoms with Crippen LogP contribution < -0.4 is 4.90 Å². The fourth-order valence-corrected chi connectivity index (χ4v) is 4.68. The van der Waals surface area contributed by atoms with Gasteiger partial charge in [0, 0.05) is 12.2 Å². The Kier molecular flexibility index (Phi) is 5.30. The van der Waals surface area contributed by atoms with Gasteiger partial charge in [-0.2, -0.15) is 0 Å². The van der Waals surface area contributed by atoms with Crippen molar-refractivity contribution < 1.29 is 9.59 Å². The molecule has 1 aliphatic carbocycles. The number of carbonyl (C=O) groups is 2. The highest BCUT2D eigenvalue weighted by atomic mass is 35.5. The third-order valence-corrected chi connectivity index (χ3v) is 6.48. The summed E-state index contributed by atoms with van der Waals surface area (Å²) in [6.07, 6.45) is 3.87. The van der Waals surface area contributed by atoms with Crippen LogP contribution in [0.15, 0.2) is 66.9 Å². The van der Waals surface area contributed by atoms with Crippen molar-refractivity contribution in [2.24, 2.45) is 0 Å². The third kappa shape index (κ3) is 3.61. The number of nitrogens with zero attached hydrogens (tertiary/aromatic N) is 3. The molecule has 0 saturated heterocycles. The van der Waals surface area contributed by atoms with Crippen LogP contribution in [0.5, 0.6) is 0 Å². The monoisotopic (exact) mass is 447 g/mol. The average Bonchev–Trinajstić information content (AvgIpc) is 3.52. The van der Waals surface area contributed by atoms with Crippen molar-refractivity contribution in [3.05, 3.63) is 83.7 Å². The minimum Gasteiger partial charge on any atom is -0.329 e. The predicted molar refractivity (Wildman–Crippen MR) is 126 cm³/mol. The second kappa shape index (κ2) is 8.14. The van der Waals surface area contributed by atoms with Gasteiger partial charge < -0.3 is 9.47 Å². The molecule has 2 aromatic carbocycles. The van der Waals surface area contributed by atoms with Gasteiger partial charge in [-0.05, 0) is 56.5 Å². The first-order valence-electron chi connectivity index (χ1n) is 11.1. The summed E-state index contributed by atoms with van der Waals surface area (Å²) in [7, 11) is 0. The number of aryl methyl sites for hydroxylation is 1. The summed E-state index contributed by atoms with van der Waals surface area (Å²) < 4.78 is 2.15. The topological polar surface area (TPSA) is 45.6 Å². The minimum atomic E-state index is -0.651. The number of fused-ring (bicyclic) bond motifs is 3. The number of benzene rings is 2. The van der Waals surface area contributed by atoms with Gasteiger partial charge in [0.05, 0.1) is 17.1 Å². The van der Waals surface area contributed by atoms with Gasteiger partial charge in [0.1, 0.15) is 18.0 Å². The van der Waals surface area contributed by atoms with Gasteiger partial charge in [-0.3, -0.25) is 14.5 Å². The van der Waals surface area contributed by atoms with Gasteiger partial charge in [0.15, 0.2) is 0 Å². The zero-order valence-corrected chi connectivity index (χ0v) is 19.0. The van der Waals surface area contributed by atoms with Gasteiger partial charge in [-0.1, -0.05) is 42.0 Å². The Morgan fingerprint density at radius 3 is 2.38 bits per heavy atom. The number of para-hydroxylation sites is 2. The maximum absolute atomic E-state index is 13.9. The predicted octanol–water partition coefficient (Wildman–Crippen LogP) is 4.84. The van der Waals surface area contributed by atoms with E-state index in [2.05, 4.69) is 41.8 Å². The molecule has 1 fully saturated rings. The van der Waals surface area contributed by atoms with Crippen molar-refractivity contribution in [2.75, 3.05) is 11.4 Å². The SMILES string of the molecule is Cc1ccc(C2c3cccn3-c3ccccc3N2C(=O)CN(C(=O)C(C)Cl)C2CC2)cc1. The summed E-state index contributed by atoms with van der Waals surface area (Å²) in [5, 5.41) is -0.651. The molecular weight excluding hydrogens is 422 g/mol. The fraction of sp³-hybridized carbons (Fsp3) is 0.308. The standard InChI is InChI=1S/C26H26ClN3O2/c1-17-9-11-19(12-10-17)25-23-8-5-15-28(23)21-6-3-4-7-22(21)30(25)24(31)16-29(20-13-14-20)26(32)18(2)27/h3-12,15,18,20,25H,13-14,16H2,1-2H3. The molecule has 0 N–H and O–H groups in total. The average molecular weight is 448 g/mol. The van der Waals surface area contributed by atoms with Crippen molar-refractivity contribution in [1.29, 1.82) is 0 Å². The van der Waals surface area contributed by atoms with E-state index in [0.29, 0.717) is 0 Å². The lowest BCUT2D eigenvalue weighted by molar-refractivity contribution is -0.135. The molecule has 1 aromatic heterocycles. The number of carbonyl (C=O) groups excluding carboxylic acids is 2. The number of alkyl halides is 1. The molecule has 5 rings (SSSR count). The molecular formula is C26H26ClN3O2. The van der Waals surface area contributed by atoms with E-state index in [1.54, 1.807) is 11.8 Å². The van der Waals surface area contributed by atoms with E-state index in [0.717, 1.165) is 35.5 Å². The Morgan fingerprint density at radius 1 is 1.03 bits per heavy atom. The van der Waals surface area contributed by atoms with Crippen LogP contribution in [0.25, 0.3) is 5.69 Å². The minimum absolute atomic E-state index is 0.0258. The van der Waals surface area contributed by atoms with Crippen LogP contribution in [0, 0.1) is 6.92 Å². The second-order valence-corrected chi connectivity index (χ2v) is 9.34. The van der Waals surface area contributed by atoms with Gasteiger partial charge in [0.25, 0.3) is 0 Å². The van der Waals surface area contributed by atoms with Crippen LogP contribution in [-0.2, 0) is 9.59 Å². The van der Waals surface area contributed by atoms with Crippen molar-refractivity contribution in [1.82, 2.24) is 9.47 Å². The molecule has 5 nitrogen and oxygen atoms in total. The van der Waals surface area contributed by atoms with Crippen LogP contribution in [0.2, 0.25) is 0 Å². The van der Waals surface area contributed by atoms with E-state index < -0.39 is 5.38 Å². The Morgan fingerprint density at radius 2 is 1.72 bits per heavy atom. The molecule has 2 aliphatic rings. The molecule has 0 bridgehead atoms. The molecule has 1 aliphatic heterocycles. The first-order chi connectivity index (χ1) is 15.5. The summed E-state index contributed by atoms with van der Waals surface area (Å²) in [5.74, 6) is -0.281. The summed E-state index contributed by atoms with van der Waals surface area (Å²) in [6.45, 7) is 3.75. The van der Waals surface area contributed by atoms with E-state index in [1.165, 1.54) is 5.56 Å². The highest BCUT2D eigenvalue weighted by molar-refractivity contribution is 6.30. The zero-order valence-electron chi connectivity index (χ0n) is 18.2. The van der Waals surface area contributed by atoms with Crippen LogP contribution in [0.1, 0.15) is 42.6 Å². The lowest BCUT2D eigenvalue weighted by Gasteiger charge is -2.39. The number of anilines is 1. The molecule has 1 saturated carbocycles. The Hall–Kier alpha value is -3.05. The van der Waals surface area contributed by atoms with Gasteiger partial charge in [-0.15, -0.1) is 11.6 Å². The number of aromatic nitrogens is 1. The number of hydrogen-bond acceptors (Lipinski definition) is 2. The summed E-state index contributed by atoms with van der Waals surface area (Å²) >= 11 is 6.12. The molecule has 3 aromatic rings. The molecule has 0 spiro atoms. The largest absolute Gasteiger partial charge is 0.329 e. The Labute approximate surface area is 193 Å². The van der Waals surface area contributed by atoms with Crippen LogP contribution in [0.4, 0.5) is 5.69 Å². The van der Waals surface area contributed by atoms with Gasteiger partial charge in [0.2, 0.25) is 11.8 Å². The normalized spacial score (nSPS) is 18.0. The summed E-state index contributed by atoms with van der Waals surface area (Å²) in [5.41, 5.74) is 5.03. The fourth-order valence-electron chi connectivity index (χ4n) is 4.55. The molecule has 32 heavy (non-hydrogen) atoms. The highest BCUT2D eigenvalue weighted by Gasteiger charge is 2.40. The Balaban J connectivity index is 1.59. The van der Waals surface area contributed by atoms with E-state index in [1.807, 2.05) is 41.4 Å². The van der Waals surface area contributed by atoms with Crippen molar-refractivity contribution in [3.63, 3.8) is 0 Å². The van der Waals surface area contributed by atoms with Crippen LogP contribution in [-0.4, -0.2) is 39.2 Å². The lowest BCUT2D eigenvalue weighted by Crippen LogP contribution is -2.48. The number of hydrogen-bond donors (Lipinski definition) is 0. The first kappa shape index (κ1) is 20.8. The van der Waals surface area contributed by atoms with Crippen LogP contribution in [0.3, 0.4) is 0 Å². The van der Waals surface area contributed by atoms with E-state index >= 15 is 0 Å². The molecule has 2 heterocycles. The van der Waals surface area contributed by atoms with Crippen molar-refractivity contribution in [2.45, 2.75) is 44.1 Å². The zero-order chi connectivity index (χ0) is 22.4. The van der Waals surface area contributed by atoms with Gasteiger partial charge >= 0.3 is 0 Å². The molecule has 2 atom stereocenters. The number of amides is 2. The van der Waals surface area contributed by atoms with Crippen molar-refractivity contribution >= 4 is 29.1 Å².